The monoisotopic (exact) mass is 638 g/mol. The lowest BCUT2D eigenvalue weighted by Crippen LogP contribution is -2.37. The average molecular weight is 639 g/mol. The molecule has 0 spiro atoms. The third-order valence-electron chi connectivity index (χ3n) is 6.91. The van der Waals surface area contributed by atoms with Gasteiger partial charge in [-0.2, -0.15) is 15.1 Å². The number of benzene rings is 2. The number of nitrogen functional groups attached to an aromatic ring is 1. The Balaban J connectivity index is 1.35. The quantitative estimate of drug-likeness (QED) is 0.152. The van der Waals surface area contributed by atoms with Crippen molar-refractivity contribution in [1.29, 1.82) is 5.41 Å². The molecule has 2 aromatic heterocycles. The number of carbonyl (C=O) groups excluding carboxylic acids is 1. The highest BCUT2D eigenvalue weighted by molar-refractivity contribution is 7.52. The van der Waals surface area contributed by atoms with Gasteiger partial charge >= 0.3 is 13.7 Å². The Hall–Kier alpha value is -4.10. The van der Waals surface area contributed by atoms with Gasteiger partial charge in [-0.1, -0.05) is 57.2 Å². The van der Waals surface area contributed by atoms with E-state index in [1.807, 2.05) is 65.2 Å². The number of ether oxygens (including phenoxy) is 2. The maximum absolute atomic E-state index is 14.3. The molecule has 15 heteroatoms. The van der Waals surface area contributed by atoms with E-state index >= 15 is 0 Å². The fourth-order valence-corrected chi connectivity index (χ4v) is 6.31. The van der Waals surface area contributed by atoms with Crippen LogP contribution in [-0.4, -0.2) is 70.7 Å². The molecule has 4 atom stereocenters. The summed E-state index contributed by atoms with van der Waals surface area (Å²) in [6, 6.07) is 11.8. The van der Waals surface area contributed by atoms with Gasteiger partial charge in [-0.05, 0) is 23.8 Å². The average Bonchev–Trinajstić information content (AvgIpc) is 3.56. The van der Waals surface area contributed by atoms with Gasteiger partial charge in [0.25, 0.3) is 0 Å². The van der Waals surface area contributed by atoms with Crippen LogP contribution in [0.3, 0.4) is 0 Å². The van der Waals surface area contributed by atoms with E-state index in [0.717, 1.165) is 10.8 Å². The summed E-state index contributed by atoms with van der Waals surface area (Å²) in [6.45, 7) is 7.34. The Kier molecular flexibility index (Phi) is 9.13. The van der Waals surface area contributed by atoms with Gasteiger partial charge in [0.15, 0.2) is 23.2 Å². The fraction of sp³-hybridized carbons (Fsp3) is 0.433. The molecule has 1 fully saturated rings. The summed E-state index contributed by atoms with van der Waals surface area (Å²) in [5, 5.41) is 13.0. The Morgan fingerprint density at radius 2 is 1.96 bits per heavy atom. The predicted molar refractivity (Wildman–Crippen MR) is 171 cm³/mol. The van der Waals surface area contributed by atoms with Crippen molar-refractivity contribution in [3.8, 4) is 5.75 Å². The summed E-state index contributed by atoms with van der Waals surface area (Å²) >= 11 is 0. The molecule has 4 N–H and O–H groups in total. The molecule has 1 aliphatic rings. The second-order valence-corrected chi connectivity index (χ2v) is 14.0. The van der Waals surface area contributed by atoms with Crippen LogP contribution < -0.4 is 20.2 Å². The number of fused-ring (bicyclic) bond motifs is 2. The maximum atomic E-state index is 14.3. The number of aromatic nitrogens is 4. The van der Waals surface area contributed by atoms with E-state index in [9.17, 15) is 9.36 Å². The van der Waals surface area contributed by atoms with Crippen LogP contribution in [0.2, 0.25) is 0 Å². The smallest absolute Gasteiger partial charge is 0.459 e. The number of imidazole rings is 1. The molecule has 0 saturated carbocycles. The summed E-state index contributed by atoms with van der Waals surface area (Å²) in [4.78, 5) is 27.6. The molecular formula is C30H39N8O6P. The van der Waals surface area contributed by atoms with Gasteiger partial charge in [0.1, 0.15) is 11.8 Å². The second kappa shape index (κ2) is 12.7. The van der Waals surface area contributed by atoms with Crippen LogP contribution in [0.25, 0.3) is 21.9 Å². The van der Waals surface area contributed by atoms with Crippen LogP contribution >= 0.6 is 7.75 Å². The van der Waals surface area contributed by atoms with Crippen LogP contribution in [-0.2, 0) is 23.4 Å². The summed E-state index contributed by atoms with van der Waals surface area (Å²) in [7, 11) is -0.560. The van der Waals surface area contributed by atoms with Crippen molar-refractivity contribution in [2.24, 2.45) is 5.41 Å². The van der Waals surface area contributed by atoms with Gasteiger partial charge in [0, 0.05) is 25.9 Å². The lowest BCUT2D eigenvalue weighted by Gasteiger charge is -2.25. The van der Waals surface area contributed by atoms with E-state index in [-0.39, 0.29) is 36.7 Å². The van der Waals surface area contributed by atoms with Crippen LogP contribution in [0.4, 0.5) is 11.8 Å². The van der Waals surface area contributed by atoms with Gasteiger partial charge < -0.3 is 30.0 Å². The number of esters is 1. The number of nitrogens with one attached hydrogen (secondary N) is 2. The van der Waals surface area contributed by atoms with E-state index in [1.54, 1.807) is 21.6 Å². The molecule has 1 aliphatic heterocycles. The van der Waals surface area contributed by atoms with E-state index in [2.05, 4.69) is 20.0 Å². The second-order valence-electron chi connectivity index (χ2n) is 12.3. The van der Waals surface area contributed by atoms with Crippen LogP contribution in [0.1, 0.15) is 40.3 Å². The molecule has 1 unspecified atom stereocenters. The predicted octanol–water partition coefficient (Wildman–Crippen LogP) is 4.71. The first kappa shape index (κ1) is 32.3. The van der Waals surface area contributed by atoms with Gasteiger partial charge in [0.2, 0.25) is 5.95 Å². The molecule has 0 radical (unpaired) electrons. The third kappa shape index (κ3) is 7.42. The van der Waals surface area contributed by atoms with Crippen molar-refractivity contribution < 1.29 is 27.9 Å². The molecule has 0 amide bonds. The highest BCUT2D eigenvalue weighted by Gasteiger charge is 2.38. The minimum atomic E-state index is -4.20. The zero-order valence-corrected chi connectivity index (χ0v) is 27.1. The molecular weight excluding hydrogens is 599 g/mol. The number of nitrogens with two attached hydrogens (primary N) is 1. The third-order valence-corrected chi connectivity index (χ3v) is 8.54. The normalized spacial score (nSPS) is 19.0. The molecule has 4 aromatic rings. The van der Waals surface area contributed by atoms with Crippen molar-refractivity contribution in [2.75, 3.05) is 37.9 Å². The Morgan fingerprint density at radius 1 is 1.22 bits per heavy atom. The summed E-state index contributed by atoms with van der Waals surface area (Å²) in [5.74, 6) is 0.314. The lowest BCUT2D eigenvalue weighted by molar-refractivity contribution is -0.148. The molecule has 2 aromatic carbocycles. The van der Waals surface area contributed by atoms with Gasteiger partial charge in [-0.25, -0.2) is 9.55 Å². The number of rotatable bonds is 11. The van der Waals surface area contributed by atoms with Crippen LogP contribution in [0, 0.1) is 10.8 Å². The molecule has 0 aliphatic carbocycles. The lowest BCUT2D eigenvalue weighted by atomic mass is 9.99. The van der Waals surface area contributed by atoms with Gasteiger partial charge in [-0.15, -0.1) is 0 Å². The standard InChI is InChI=1S/C30H39N8O6P/c1-18(28(39)41-16-30(2,3)4)36-45(40,44-23-13-9-11-19-10-7-8-12-21(19)23)42-15-20-14-22(31)27(43-20)38-17-33-24-25(37(5)6)34-29(32)35-26(24)38/h7-13,17-18,20,27,31H,14-16H2,1-6H3,(H,36,40)(H2,32,34,35)/t18-,20+,27-,45?/m1/s1. The van der Waals surface area contributed by atoms with E-state index in [1.165, 1.54) is 13.3 Å². The first-order chi connectivity index (χ1) is 21.2. The van der Waals surface area contributed by atoms with E-state index < -0.39 is 32.1 Å². The molecule has 45 heavy (non-hydrogen) atoms. The summed E-state index contributed by atoms with van der Waals surface area (Å²) in [6.07, 6.45) is 0.199. The summed E-state index contributed by atoms with van der Waals surface area (Å²) < 4.78 is 39.4. The van der Waals surface area contributed by atoms with Crippen molar-refractivity contribution in [3.05, 3.63) is 48.8 Å². The molecule has 0 bridgehead atoms. The number of hydrogen-bond donors (Lipinski definition) is 3. The molecule has 5 rings (SSSR count). The van der Waals surface area contributed by atoms with E-state index in [0.29, 0.717) is 22.7 Å². The van der Waals surface area contributed by atoms with Gasteiger partial charge in [-0.3, -0.25) is 13.9 Å². The fourth-order valence-electron chi connectivity index (χ4n) is 4.77. The zero-order valence-electron chi connectivity index (χ0n) is 26.2. The molecule has 1 saturated heterocycles. The first-order valence-corrected chi connectivity index (χ1v) is 16.0. The van der Waals surface area contributed by atoms with Crippen molar-refractivity contribution >= 4 is 53.1 Å². The van der Waals surface area contributed by atoms with E-state index in [4.69, 9.17) is 29.7 Å². The molecule has 240 valence electrons. The topological polar surface area (TPSA) is 180 Å². The Labute approximate surface area is 261 Å². The minimum Gasteiger partial charge on any atom is -0.464 e. The number of anilines is 2. The summed E-state index contributed by atoms with van der Waals surface area (Å²) in [5.41, 5.74) is 6.87. The SMILES string of the molecule is C[C@@H](NP(=O)(OC[C@@H]1CC(=N)[C@H](n2cnc3c(N(C)C)nc(N)nc32)O1)Oc1cccc2ccccc12)C(=O)OCC(C)(C)C. The first-order valence-electron chi connectivity index (χ1n) is 14.5. The number of carbonyl (C=O) groups is 1. The van der Waals surface area contributed by atoms with Crippen molar-refractivity contribution in [1.82, 2.24) is 24.6 Å². The molecule has 14 nitrogen and oxygen atoms in total. The number of hydrogen-bond acceptors (Lipinski definition) is 12. The van der Waals surface area contributed by atoms with Crippen LogP contribution in [0.15, 0.2) is 48.8 Å². The Morgan fingerprint density at radius 3 is 2.69 bits per heavy atom. The van der Waals surface area contributed by atoms with Crippen molar-refractivity contribution in [3.63, 3.8) is 0 Å². The number of nitrogens with zero attached hydrogens (tertiary/aromatic N) is 5. The zero-order chi connectivity index (χ0) is 32.5. The van der Waals surface area contributed by atoms with Crippen LogP contribution in [0.5, 0.6) is 5.75 Å². The minimum absolute atomic E-state index is 0.0603. The molecule has 3 heterocycles. The highest BCUT2D eigenvalue weighted by atomic mass is 31.2. The van der Waals surface area contributed by atoms with Gasteiger partial charge in [0.05, 0.1) is 31.4 Å². The Bertz CT molecular complexity index is 1770. The maximum Gasteiger partial charge on any atom is 0.459 e. The highest BCUT2D eigenvalue weighted by Crippen LogP contribution is 2.47. The van der Waals surface area contributed by atoms with Crippen molar-refractivity contribution in [2.45, 2.75) is 52.5 Å². The largest absolute Gasteiger partial charge is 0.464 e.